The Balaban J connectivity index is 0.000000720. The molecular weight excluding hydrogens is 242 g/mol. The summed E-state index contributed by atoms with van der Waals surface area (Å²) in [6, 6.07) is 11.4. The van der Waals surface area contributed by atoms with Crippen LogP contribution in [0, 0.1) is 0 Å². The number of aromatic nitrogens is 1. The van der Waals surface area contributed by atoms with Crippen LogP contribution < -0.4 is 4.73 Å². The quantitative estimate of drug-likeness (QED) is 0.554. The van der Waals surface area contributed by atoms with Crippen LogP contribution in [0.25, 0.3) is 10.9 Å². The third-order valence-electron chi connectivity index (χ3n) is 1.69. The van der Waals surface area contributed by atoms with E-state index in [-0.39, 0.29) is 34.7 Å². The minimum Gasteiger partial charge on any atom is -0.285 e. The third kappa shape index (κ3) is 2.47. The molecule has 1 heterocycles. The van der Waals surface area contributed by atoms with Crippen molar-refractivity contribution < 1.29 is 44.7 Å². The summed E-state index contributed by atoms with van der Waals surface area (Å²) in [6.45, 7) is 0. The molecule has 1 aromatic heterocycles. The Bertz CT molecular complexity index is 387. The van der Waals surface area contributed by atoms with Crippen LogP contribution in [0.3, 0.4) is 0 Å². The van der Waals surface area contributed by atoms with E-state index in [0.29, 0.717) is 0 Å². The summed E-state index contributed by atoms with van der Waals surface area (Å²) in [4.78, 5) is 0. The number of benzene rings is 1. The molecule has 13 heavy (non-hydrogen) atoms. The van der Waals surface area contributed by atoms with E-state index in [1.54, 1.807) is 6.20 Å². The maximum Gasteiger partial charge on any atom is 0.264 e. The number of nitrogens with zero attached hydrogens (tertiary/aromatic N) is 1. The summed E-state index contributed by atoms with van der Waals surface area (Å²) in [7, 11) is 0. The van der Waals surface area contributed by atoms with Crippen molar-refractivity contribution in [1.29, 1.82) is 0 Å². The van der Waals surface area contributed by atoms with Crippen LogP contribution in [-0.2, 0) is 34.7 Å². The fraction of sp³-hybridized carbons (Fsp3) is 0. The first-order valence-corrected chi connectivity index (χ1v) is 3.46. The third-order valence-corrected chi connectivity index (χ3v) is 1.69. The average Bonchev–Trinajstić information content (AvgIpc) is 2.06. The molecule has 0 radical (unpaired) electrons. The van der Waals surface area contributed by atoms with Crippen LogP contribution in [0.5, 0.6) is 0 Å². The Kier molecular flexibility index (Phi) is 5.07. The van der Waals surface area contributed by atoms with E-state index >= 15 is 0 Å². The van der Waals surface area contributed by atoms with Gasteiger partial charge in [0, 0.05) is 51.6 Å². The molecule has 0 saturated heterocycles. The first kappa shape index (κ1) is 12.5. The fourth-order valence-corrected chi connectivity index (χ4v) is 1.15. The molecule has 0 spiro atoms. The summed E-state index contributed by atoms with van der Waals surface area (Å²) in [6.07, 6.45) is 1.61. The Morgan fingerprint density at radius 1 is 0.923 bits per heavy atom. The van der Waals surface area contributed by atoms with Gasteiger partial charge in [0.2, 0.25) is 6.20 Å². The summed E-state index contributed by atoms with van der Waals surface area (Å²) in [5.41, 5.74) is 0.829. The minimum atomic E-state index is 0. The average molecular weight is 250 g/mol. The first-order valence-electron chi connectivity index (χ1n) is 3.46. The van der Waals surface area contributed by atoms with Crippen LogP contribution in [0.15, 0.2) is 42.6 Å². The number of rotatable bonds is 0. The van der Waals surface area contributed by atoms with Crippen molar-refractivity contribution in [3.05, 3.63) is 42.6 Å². The van der Waals surface area contributed by atoms with Gasteiger partial charge in [-0.3, -0.25) is 5.21 Å². The number of para-hydroxylation sites is 1. The second-order valence-electron chi connectivity index (χ2n) is 2.41. The number of hydrogen-bond acceptors (Lipinski definition) is 1. The molecule has 2 nitrogen and oxygen atoms in total. The Morgan fingerprint density at radius 3 is 2.23 bits per heavy atom. The topological polar surface area (TPSA) is 24.1 Å². The van der Waals surface area contributed by atoms with Gasteiger partial charge in [-0.05, 0) is 12.1 Å². The van der Waals surface area contributed by atoms with E-state index in [1.807, 2.05) is 36.4 Å². The van der Waals surface area contributed by atoms with Crippen molar-refractivity contribution in [2.24, 2.45) is 0 Å². The summed E-state index contributed by atoms with van der Waals surface area (Å²) < 4.78 is 1.12. The second kappa shape index (κ2) is 5.27. The molecule has 0 aliphatic rings. The zero-order valence-corrected chi connectivity index (χ0v) is 9.30. The number of pyridine rings is 1. The molecule has 0 unspecified atom stereocenters. The minimum absolute atomic E-state index is 0. The van der Waals surface area contributed by atoms with Gasteiger partial charge in [0.1, 0.15) is 0 Å². The molecule has 0 saturated carbocycles. The molecule has 2 rings (SSSR count). The van der Waals surface area contributed by atoms with Crippen molar-refractivity contribution >= 4 is 10.9 Å². The van der Waals surface area contributed by atoms with Crippen molar-refractivity contribution in [2.75, 3.05) is 0 Å². The Hall–Kier alpha value is -0.505. The fourth-order valence-electron chi connectivity index (χ4n) is 1.15. The van der Waals surface area contributed by atoms with Gasteiger partial charge in [-0.15, -0.1) is 0 Å². The van der Waals surface area contributed by atoms with Gasteiger partial charge in [-0.2, -0.15) is 0 Å². The van der Waals surface area contributed by atoms with E-state index < -0.39 is 0 Å². The van der Waals surface area contributed by atoms with Crippen LogP contribution in [0.2, 0.25) is 0 Å². The summed E-state index contributed by atoms with van der Waals surface area (Å²) >= 11 is 0. The maximum atomic E-state index is 9.29. The Labute approximate surface area is 98.0 Å². The van der Waals surface area contributed by atoms with Crippen molar-refractivity contribution in [3.63, 3.8) is 0 Å². The van der Waals surface area contributed by atoms with Crippen LogP contribution in [0.4, 0.5) is 0 Å². The SMILES string of the molecule is O[n+]1cccc2ccccc21.[Cr].[Cr]. The predicted molar refractivity (Wildman–Crippen MR) is 41.3 cm³/mol. The van der Waals surface area contributed by atoms with Crippen molar-refractivity contribution in [2.45, 2.75) is 0 Å². The molecule has 66 valence electrons. The van der Waals surface area contributed by atoms with Gasteiger partial charge in [0.05, 0.1) is 5.39 Å². The van der Waals surface area contributed by atoms with Gasteiger partial charge in [-0.1, -0.05) is 12.1 Å². The zero-order chi connectivity index (χ0) is 7.68. The van der Waals surface area contributed by atoms with Crippen LogP contribution in [-0.4, -0.2) is 5.21 Å². The van der Waals surface area contributed by atoms with E-state index in [2.05, 4.69) is 0 Å². The van der Waals surface area contributed by atoms with E-state index in [1.165, 1.54) is 0 Å². The van der Waals surface area contributed by atoms with Gasteiger partial charge < -0.3 is 0 Å². The maximum absolute atomic E-state index is 9.29. The van der Waals surface area contributed by atoms with Crippen LogP contribution >= 0.6 is 0 Å². The van der Waals surface area contributed by atoms with Gasteiger partial charge >= 0.3 is 0 Å². The predicted octanol–water partition coefficient (Wildman–Crippen LogP) is 1.36. The smallest absolute Gasteiger partial charge is 0.264 e. The second-order valence-corrected chi connectivity index (χ2v) is 2.41. The number of hydrogen-bond donors (Lipinski definition) is 1. The standard InChI is InChI=1S/C9H8NO.2Cr/c11-10-7-3-5-8-4-1-2-6-9(8)10;;/h1-7,11H;;/q+1;;. The van der Waals surface area contributed by atoms with Crippen molar-refractivity contribution in [1.82, 2.24) is 0 Å². The van der Waals surface area contributed by atoms with Crippen molar-refractivity contribution in [3.8, 4) is 0 Å². The summed E-state index contributed by atoms with van der Waals surface area (Å²) in [5, 5.41) is 10.3. The molecule has 4 heteroatoms. The normalized spacial score (nSPS) is 8.62. The molecule has 0 aliphatic carbocycles. The molecule has 1 aromatic carbocycles. The Morgan fingerprint density at radius 2 is 1.54 bits per heavy atom. The van der Waals surface area contributed by atoms with E-state index in [4.69, 9.17) is 0 Å². The molecule has 0 bridgehead atoms. The molecule has 1 N–H and O–H groups in total. The molecule has 0 amide bonds. The molecule has 0 fully saturated rings. The molecule has 0 atom stereocenters. The van der Waals surface area contributed by atoms with Crippen LogP contribution in [0.1, 0.15) is 0 Å². The van der Waals surface area contributed by atoms with Gasteiger partial charge in [0.15, 0.2) is 0 Å². The zero-order valence-electron chi connectivity index (χ0n) is 6.75. The van der Waals surface area contributed by atoms with Gasteiger partial charge in [0.25, 0.3) is 5.52 Å². The van der Waals surface area contributed by atoms with Gasteiger partial charge in [-0.25, -0.2) is 0 Å². The number of fused-ring (bicyclic) bond motifs is 1. The summed E-state index contributed by atoms with van der Waals surface area (Å²) in [5.74, 6) is 0. The van der Waals surface area contributed by atoms with E-state index in [0.717, 1.165) is 15.6 Å². The largest absolute Gasteiger partial charge is 0.285 e. The van der Waals surface area contributed by atoms with E-state index in [9.17, 15) is 5.21 Å². The molecule has 2 aromatic rings. The molecule has 0 aliphatic heterocycles. The monoisotopic (exact) mass is 250 g/mol. The first-order chi connectivity index (χ1) is 5.38. The molecular formula is C9H8Cr2NO+.